The van der Waals surface area contributed by atoms with Crippen LogP contribution in [0.3, 0.4) is 0 Å². The number of rotatable bonds is 6. The molecule has 3 heterocycles. The van der Waals surface area contributed by atoms with Gasteiger partial charge in [0.1, 0.15) is 5.82 Å². The predicted molar refractivity (Wildman–Crippen MR) is 97.5 cm³/mol. The Labute approximate surface area is 158 Å². The molecule has 0 spiro atoms. The fraction of sp³-hybridized carbons (Fsp3) is 0.429. The molecule has 2 saturated heterocycles. The largest absolute Gasteiger partial charge is 0.376 e. The first kappa shape index (κ1) is 18.1. The lowest BCUT2D eigenvalue weighted by Gasteiger charge is -2.20. The van der Waals surface area contributed by atoms with Crippen molar-refractivity contribution in [2.75, 3.05) is 26.3 Å². The van der Waals surface area contributed by atoms with Crippen molar-refractivity contribution in [1.29, 1.82) is 0 Å². The number of fused-ring (bicyclic) bond motifs is 1. The van der Waals surface area contributed by atoms with E-state index in [1.807, 2.05) is 23.1 Å². The molecule has 3 atom stereocenters. The van der Waals surface area contributed by atoms with Crippen LogP contribution in [0.2, 0.25) is 0 Å². The maximum absolute atomic E-state index is 13.1. The van der Waals surface area contributed by atoms with Crippen molar-refractivity contribution in [3.05, 3.63) is 65.7 Å². The summed E-state index contributed by atoms with van der Waals surface area (Å²) in [4.78, 5) is 18.7. The van der Waals surface area contributed by atoms with Crippen LogP contribution in [-0.2, 0) is 16.1 Å². The monoisotopic (exact) mass is 370 g/mol. The van der Waals surface area contributed by atoms with E-state index in [-0.39, 0.29) is 17.8 Å². The molecule has 0 aliphatic carbocycles. The number of halogens is 1. The van der Waals surface area contributed by atoms with Gasteiger partial charge in [-0.2, -0.15) is 0 Å². The van der Waals surface area contributed by atoms with Gasteiger partial charge in [0.2, 0.25) is 0 Å². The molecule has 0 saturated carbocycles. The quantitative estimate of drug-likeness (QED) is 0.734. The van der Waals surface area contributed by atoms with Crippen molar-refractivity contribution in [2.24, 2.45) is 11.8 Å². The average molecular weight is 370 g/mol. The molecule has 5 nitrogen and oxygen atoms in total. The number of pyridine rings is 1. The van der Waals surface area contributed by atoms with Gasteiger partial charge in [0, 0.05) is 37.4 Å². The Morgan fingerprint density at radius 3 is 2.85 bits per heavy atom. The highest BCUT2D eigenvalue weighted by Crippen LogP contribution is 2.36. The molecular formula is C21H23FN2O3. The van der Waals surface area contributed by atoms with E-state index in [1.54, 1.807) is 6.20 Å². The van der Waals surface area contributed by atoms with Gasteiger partial charge >= 0.3 is 0 Å². The summed E-state index contributed by atoms with van der Waals surface area (Å²) in [6, 6.07) is 11.5. The number of ether oxygens (including phenoxy) is 2. The molecule has 0 unspecified atom stereocenters. The van der Waals surface area contributed by atoms with Crippen LogP contribution in [0.4, 0.5) is 4.39 Å². The second-order valence-electron chi connectivity index (χ2n) is 7.18. The average Bonchev–Trinajstić information content (AvgIpc) is 3.27. The Bertz CT molecular complexity index is 769. The highest BCUT2D eigenvalue weighted by molar-refractivity contribution is 5.94. The Hall–Kier alpha value is -2.31. The highest BCUT2D eigenvalue weighted by atomic mass is 19.1. The molecule has 2 aromatic rings. The lowest BCUT2D eigenvalue weighted by atomic mass is 9.91. The fourth-order valence-electron chi connectivity index (χ4n) is 3.93. The van der Waals surface area contributed by atoms with Crippen LogP contribution >= 0.6 is 0 Å². The van der Waals surface area contributed by atoms with Crippen LogP contribution in [-0.4, -0.2) is 48.2 Å². The summed E-state index contributed by atoms with van der Waals surface area (Å²) in [7, 11) is 0. The third-order valence-corrected chi connectivity index (χ3v) is 5.43. The summed E-state index contributed by atoms with van der Waals surface area (Å²) in [5.41, 5.74) is 1.45. The third-order valence-electron chi connectivity index (χ3n) is 5.43. The minimum Gasteiger partial charge on any atom is -0.376 e. The van der Waals surface area contributed by atoms with Gasteiger partial charge in [0.25, 0.3) is 5.91 Å². The van der Waals surface area contributed by atoms with Gasteiger partial charge < -0.3 is 14.4 Å². The smallest absolute Gasteiger partial charge is 0.253 e. The number of hydrogen-bond acceptors (Lipinski definition) is 4. The molecule has 142 valence electrons. The van der Waals surface area contributed by atoms with E-state index in [4.69, 9.17) is 9.47 Å². The molecular weight excluding hydrogens is 347 g/mol. The molecule has 4 rings (SSSR count). The van der Waals surface area contributed by atoms with E-state index in [2.05, 4.69) is 4.98 Å². The SMILES string of the molecule is O=C(c1ccc(F)cc1)N1C[C@H]2[C@@H](CCOCc3ccccn3)CO[C@H]2C1. The van der Waals surface area contributed by atoms with E-state index in [0.29, 0.717) is 43.7 Å². The fourth-order valence-corrected chi connectivity index (χ4v) is 3.93. The third kappa shape index (κ3) is 4.17. The van der Waals surface area contributed by atoms with Gasteiger partial charge in [-0.3, -0.25) is 9.78 Å². The normalized spacial score (nSPS) is 24.2. The zero-order valence-corrected chi connectivity index (χ0v) is 15.1. The number of aromatic nitrogens is 1. The van der Waals surface area contributed by atoms with Gasteiger partial charge in [-0.15, -0.1) is 0 Å². The van der Waals surface area contributed by atoms with Crippen molar-refractivity contribution in [3.63, 3.8) is 0 Å². The molecule has 6 heteroatoms. The van der Waals surface area contributed by atoms with Gasteiger partial charge in [0.05, 0.1) is 25.0 Å². The summed E-state index contributed by atoms with van der Waals surface area (Å²) >= 11 is 0. The molecule has 1 aromatic heterocycles. The van der Waals surface area contributed by atoms with Gasteiger partial charge in [-0.25, -0.2) is 4.39 Å². The number of carbonyl (C=O) groups is 1. The van der Waals surface area contributed by atoms with Gasteiger partial charge in [-0.05, 0) is 48.7 Å². The number of hydrogen-bond donors (Lipinski definition) is 0. The molecule has 2 fully saturated rings. The van der Waals surface area contributed by atoms with E-state index in [9.17, 15) is 9.18 Å². The summed E-state index contributed by atoms with van der Waals surface area (Å²) in [5.74, 6) is 0.342. The van der Waals surface area contributed by atoms with Crippen LogP contribution < -0.4 is 0 Å². The summed E-state index contributed by atoms with van der Waals surface area (Å²) in [6.07, 6.45) is 2.77. The zero-order chi connectivity index (χ0) is 18.6. The predicted octanol–water partition coefficient (Wildman–Crippen LogP) is 2.91. The number of amides is 1. The van der Waals surface area contributed by atoms with Crippen molar-refractivity contribution in [2.45, 2.75) is 19.1 Å². The molecule has 1 amide bonds. The lowest BCUT2D eigenvalue weighted by molar-refractivity contribution is 0.0647. The van der Waals surface area contributed by atoms with Crippen molar-refractivity contribution >= 4 is 5.91 Å². The molecule has 2 aliphatic heterocycles. The van der Waals surface area contributed by atoms with Crippen LogP contribution in [0, 0.1) is 17.7 Å². The second-order valence-corrected chi connectivity index (χ2v) is 7.18. The van der Waals surface area contributed by atoms with Gasteiger partial charge in [-0.1, -0.05) is 6.07 Å². The minimum atomic E-state index is -0.334. The van der Waals surface area contributed by atoms with Crippen LogP contribution in [0.25, 0.3) is 0 Å². The lowest BCUT2D eigenvalue weighted by Crippen LogP contribution is -2.31. The molecule has 2 aliphatic rings. The standard InChI is InChI=1S/C21H23FN2O3/c22-17-6-4-15(5-7-17)21(25)24-11-19-16(13-27-20(19)12-24)8-10-26-14-18-3-1-2-9-23-18/h1-7,9,16,19-20H,8,10-14H2/t16-,19-,20-/m0/s1. The molecule has 27 heavy (non-hydrogen) atoms. The van der Waals surface area contributed by atoms with Gasteiger partial charge in [0.15, 0.2) is 0 Å². The molecule has 0 N–H and O–H groups in total. The highest BCUT2D eigenvalue weighted by Gasteiger charge is 2.44. The first-order chi connectivity index (χ1) is 13.2. The van der Waals surface area contributed by atoms with Crippen LogP contribution in [0.5, 0.6) is 0 Å². The second kappa shape index (κ2) is 8.15. The summed E-state index contributed by atoms with van der Waals surface area (Å²) < 4.78 is 24.7. The van der Waals surface area contributed by atoms with Crippen molar-refractivity contribution in [3.8, 4) is 0 Å². The number of carbonyl (C=O) groups excluding carboxylic acids is 1. The molecule has 0 bridgehead atoms. The Morgan fingerprint density at radius 2 is 2.07 bits per heavy atom. The topological polar surface area (TPSA) is 51.7 Å². The van der Waals surface area contributed by atoms with E-state index < -0.39 is 0 Å². The first-order valence-corrected chi connectivity index (χ1v) is 9.35. The van der Waals surface area contributed by atoms with Crippen molar-refractivity contribution < 1.29 is 18.7 Å². The summed E-state index contributed by atoms with van der Waals surface area (Å²) in [6.45, 7) is 3.18. The van der Waals surface area contributed by atoms with Crippen molar-refractivity contribution in [1.82, 2.24) is 9.88 Å². The van der Waals surface area contributed by atoms with Crippen LogP contribution in [0.15, 0.2) is 48.7 Å². The molecule has 0 radical (unpaired) electrons. The van der Waals surface area contributed by atoms with E-state index >= 15 is 0 Å². The van der Waals surface area contributed by atoms with Crippen LogP contribution in [0.1, 0.15) is 22.5 Å². The summed E-state index contributed by atoms with van der Waals surface area (Å²) in [5, 5.41) is 0. The zero-order valence-electron chi connectivity index (χ0n) is 15.1. The number of likely N-dealkylation sites (tertiary alicyclic amines) is 1. The first-order valence-electron chi connectivity index (χ1n) is 9.35. The molecule has 1 aromatic carbocycles. The van der Waals surface area contributed by atoms with E-state index in [1.165, 1.54) is 24.3 Å². The number of benzene rings is 1. The minimum absolute atomic E-state index is 0.0573. The number of nitrogens with zero attached hydrogens (tertiary/aromatic N) is 2. The Morgan fingerprint density at radius 1 is 1.22 bits per heavy atom. The Kier molecular flexibility index (Phi) is 5.45. The van der Waals surface area contributed by atoms with E-state index in [0.717, 1.165) is 18.7 Å². The Balaban J connectivity index is 1.27. The maximum Gasteiger partial charge on any atom is 0.253 e. The maximum atomic E-state index is 13.1.